The zero-order valence-electron chi connectivity index (χ0n) is 17.5. The minimum absolute atomic E-state index is 0.128. The van der Waals surface area contributed by atoms with Crippen LogP contribution in [0.4, 0.5) is 15.8 Å². The van der Waals surface area contributed by atoms with Gasteiger partial charge >= 0.3 is 0 Å². The molecule has 4 rings (SSSR count). The van der Waals surface area contributed by atoms with Gasteiger partial charge in [0, 0.05) is 5.69 Å². The molecule has 0 unspecified atom stereocenters. The molecule has 0 spiro atoms. The lowest BCUT2D eigenvalue weighted by Crippen LogP contribution is -2.32. The van der Waals surface area contributed by atoms with Crippen LogP contribution in [0, 0.1) is 12.7 Å². The Morgan fingerprint density at radius 3 is 2.28 bits per heavy atom. The summed E-state index contributed by atoms with van der Waals surface area (Å²) >= 11 is 5.90. The van der Waals surface area contributed by atoms with E-state index in [1.807, 2.05) is 26.0 Å². The fourth-order valence-electron chi connectivity index (χ4n) is 3.44. The number of aryl methyl sites for hydroxylation is 1. The number of carbonyl (C=O) groups is 2. The Kier molecular flexibility index (Phi) is 5.97. The second-order valence-electron chi connectivity index (χ2n) is 7.24. The molecule has 1 N–H and O–H groups in total. The van der Waals surface area contributed by atoms with Gasteiger partial charge in [-0.25, -0.2) is 9.29 Å². The molecular formula is C25H20ClFN2O3. The van der Waals surface area contributed by atoms with E-state index < -0.39 is 17.6 Å². The van der Waals surface area contributed by atoms with Gasteiger partial charge in [-0.2, -0.15) is 0 Å². The normalized spacial score (nSPS) is 13.7. The lowest BCUT2D eigenvalue weighted by molar-refractivity contribution is -0.120. The first-order valence-electron chi connectivity index (χ1n) is 10.0. The lowest BCUT2D eigenvalue weighted by atomic mass is 10.0. The largest absolute Gasteiger partial charge is 0.494 e. The van der Waals surface area contributed by atoms with Gasteiger partial charge in [-0.3, -0.25) is 9.59 Å². The molecule has 1 aliphatic rings. The van der Waals surface area contributed by atoms with Gasteiger partial charge < -0.3 is 10.1 Å². The Balaban J connectivity index is 1.77. The Hall–Kier alpha value is -3.64. The van der Waals surface area contributed by atoms with Gasteiger partial charge in [-0.15, -0.1) is 0 Å². The Morgan fingerprint density at radius 2 is 1.66 bits per heavy atom. The number of imide groups is 1. The number of nitrogens with one attached hydrogen (secondary N) is 1. The molecule has 0 aromatic heterocycles. The highest BCUT2D eigenvalue weighted by Gasteiger charge is 2.40. The average Bonchev–Trinajstić information content (AvgIpc) is 3.02. The highest BCUT2D eigenvalue weighted by molar-refractivity contribution is 6.46. The van der Waals surface area contributed by atoms with E-state index >= 15 is 0 Å². The molecule has 3 aromatic rings. The van der Waals surface area contributed by atoms with Gasteiger partial charge in [0.15, 0.2) is 0 Å². The van der Waals surface area contributed by atoms with Gasteiger partial charge in [-0.05, 0) is 61.9 Å². The summed E-state index contributed by atoms with van der Waals surface area (Å²) in [6.45, 7) is 4.37. The topological polar surface area (TPSA) is 58.6 Å². The van der Waals surface area contributed by atoms with E-state index in [2.05, 4.69) is 5.32 Å². The number of benzene rings is 3. The van der Waals surface area contributed by atoms with E-state index in [1.165, 1.54) is 12.1 Å². The number of ether oxygens (including phenoxy) is 1. The van der Waals surface area contributed by atoms with E-state index in [1.54, 1.807) is 36.4 Å². The summed E-state index contributed by atoms with van der Waals surface area (Å²) in [5, 5.41) is 2.91. The standard InChI is InChI=1S/C25H20ClFN2O3/c1-3-32-19-11-8-17(9-12-19)28-23-22(16-6-4-15(2)5-7-16)24(30)29(25(23)31)18-10-13-21(27)20(26)14-18/h4-14,28H,3H2,1-2H3. The molecule has 5 nitrogen and oxygen atoms in total. The fourth-order valence-corrected chi connectivity index (χ4v) is 3.61. The van der Waals surface area contributed by atoms with Gasteiger partial charge in [0.25, 0.3) is 11.8 Å². The average molecular weight is 451 g/mol. The smallest absolute Gasteiger partial charge is 0.282 e. The molecule has 0 aliphatic carbocycles. The molecule has 32 heavy (non-hydrogen) atoms. The maximum atomic E-state index is 13.7. The minimum Gasteiger partial charge on any atom is -0.494 e. The van der Waals surface area contributed by atoms with E-state index in [4.69, 9.17) is 16.3 Å². The predicted octanol–water partition coefficient (Wildman–Crippen LogP) is 5.58. The predicted molar refractivity (Wildman–Crippen MR) is 123 cm³/mol. The second kappa shape index (κ2) is 8.85. The zero-order chi connectivity index (χ0) is 22.8. The molecule has 7 heteroatoms. The molecule has 0 bridgehead atoms. The van der Waals surface area contributed by atoms with Crippen LogP contribution in [-0.4, -0.2) is 18.4 Å². The Morgan fingerprint density at radius 1 is 0.969 bits per heavy atom. The van der Waals surface area contributed by atoms with Crippen LogP contribution in [0.2, 0.25) is 5.02 Å². The number of rotatable bonds is 6. The van der Waals surface area contributed by atoms with Crippen molar-refractivity contribution < 1.29 is 18.7 Å². The maximum absolute atomic E-state index is 13.7. The van der Waals surface area contributed by atoms with E-state index in [9.17, 15) is 14.0 Å². The SMILES string of the molecule is CCOc1ccc(NC2=C(c3ccc(C)cc3)C(=O)N(c3ccc(F)c(Cl)c3)C2=O)cc1. The van der Waals surface area contributed by atoms with Gasteiger partial charge in [0.05, 0.1) is 22.9 Å². The second-order valence-corrected chi connectivity index (χ2v) is 7.65. The molecule has 0 radical (unpaired) electrons. The number of anilines is 2. The molecule has 0 saturated heterocycles. The summed E-state index contributed by atoms with van der Waals surface area (Å²) in [5.41, 5.74) is 2.79. The first-order chi connectivity index (χ1) is 15.4. The van der Waals surface area contributed by atoms with Crippen molar-refractivity contribution in [1.29, 1.82) is 0 Å². The zero-order valence-corrected chi connectivity index (χ0v) is 18.2. The third kappa shape index (κ3) is 4.09. The maximum Gasteiger partial charge on any atom is 0.282 e. The summed E-state index contributed by atoms with van der Waals surface area (Å²) in [6.07, 6.45) is 0. The minimum atomic E-state index is -0.631. The molecule has 0 saturated carbocycles. The molecule has 1 aliphatic heterocycles. The highest BCUT2D eigenvalue weighted by atomic mass is 35.5. The number of halogens is 2. The van der Waals surface area contributed by atoms with Crippen LogP contribution in [0.15, 0.2) is 72.4 Å². The van der Waals surface area contributed by atoms with Crippen LogP contribution in [0.25, 0.3) is 5.57 Å². The van der Waals surface area contributed by atoms with Crippen molar-refractivity contribution in [3.8, 4) is 5.75 Å². The molecule has 3 aromatic carbocycles. The van der Waals surface area contributed by atoms with Gasteiger partial charge in [0.1, 0.15) is 17.3 Å². The van der Waals surface area contributed by atoms with E-state index in [-0.39, 0.29) is 22.0 Å². The van der Waals surface area contributed by atoms with Crippen LogP contribution in [0.1, 0.15) is 18.1 Å². The number of hydrogen-bond donors (Lipinski definition) is 1. The van der Waals surface area contributed by atoms with Gasteiger partial charge in [-0.1, -0.05) is 41.4 Å². The summed E-state index contributed by atoms with van der Waals surface area (Å²) in [6, 6.07) is 18.1. The first-order valence-corrected chi connectivity index (χ1v) is 10.4. The summed E-state index contributed by atoms with van der Waals surface area (Å²) in [7, 11) is 0. The summed E-state index contributed by atoms with van der Waals surface area (Å²) in [4.78, 5) is 27.7. The van der Waals surface area contributed by atoms with Crippen molar-refractivity contribution in [3.63, 3.8) is 0 Å². The number of hydrogen-bond acceptors (Lipinski definition) is 4. The van der Waals surface area contributed by atoms with E-state index in [0.29, 0.717) is 23.6 Å². The van der Waals surface area contributed by atoms with Crippen molar-refractivity contribution in [2.75, 3.05) is 16.8 Å². The molecule has 0 fully saturated rings. The van der Waals surface area contributed by atoms with Gasteiger partial charge in [0.2, 0.25) is 0 Å². The quantitative estimate of drug-likeness (QED) is 0.498. The van der Waals surface area contributed by atoms with E-state index in [0.717, 1.165) is 16.5 Å². The lowest BCUT2D eigenvalue weighted by Gasteiger charge is -2.16. The van der Waals surface area contributed by atoms with Crippen LogP contribution in [0.5, 0.6) is 5.75 Å². The van der Waals surface area contributed by atoms with Crippen LogP contribution < -0.4 is 15.0 Å². The molecule has 2 amide bonds. The van der Waals surface area contributed by atoms with Crippen molar-refractivity contribution in [2.45, 2.75) is 13.8 Å². The molecule has 1 heterocycles. The van der Waals surface area contributed by atoms with Crippen molar-refractivity contribution in [3.05, 3.63) is 94.4 Å². The summed E-state index contributed by atoms with van der Waals surface area (Å²) < 4.78 is 19.1. The molecular weight excluding hydrogens is 431 g/mol. The first kappa shape index (κ1) is 21.6. The summed E-state index contributed by atoms with van der Waals surface area (Å²) in [5.74, 6) is -1.01. The Labute approximate surface area is 190 Å². The molecule has 0 atom stereocenters. The van der Waals surface area contributed by atoms with Crippen LogP contribution in [-0.2, 0) is 9.59 Å². The number of carbonyl (C=O) groups excluding carboxylic acids is 2. The number of nitrogens with zero attached hydrogens (tertiary/aromatic N) is 1. The van der Waals surface area contributed by atoms with Crippen molar-refractivity contribution >= 4 is 40.4 Å². The van der Waals surface area contributed by atoms with Crippen LogP contribution >= 0.6 is 11.6 Å². The molecule has 162 valence electrons. The van der Waals surface area contributed by atoms with Crippen molar-refractivity contribution in [2.24, 2.45) is 0 Å². The van der Waals surface area contributed by atoms with Crippen molar-refractivity contribution in [1.82, 2.24) is 0 Å². The highest BCUT2D eigenvalue weighted by Crippen LogP contribution is 2.35. The number of amides is 2. The fraction of sp³-hybridized carbons (Fsp3) is 0.120. The third-order valence-corrected chi connectivity index (χ3v) is 5.31. The Bertz CT molecular complexity index is 1220. The van der Waals surface area contributed by atoms with Crippen LogP contribution in [0.3, 0.4) is 0 Å². The monoisotopic (exact) mass is 450 g/mol. The third-order valence-electron chi connectivity index (χ3n) is 5.02.